The Morgan fingerprint density at radius 2 is 2.00 bits per heavy atom. The Labute approximate surface area is 102 Å². The Morgan fingerprint density at radius 1 is 1.47 bits per heavy atom. The summed E-state index contributed by atoms with van der Waals surface area (Å²) in [6.07, 6.45) is 0.0377. The number of hydrogen-bond acceptors (Lipinski definition) is 3. The van der Waals surface area contributed by atoms with E-state index in [0.29, 0.717) is 25.9 Å². The average Bonchev–Trinajstić information content (AvgIpc) is 2.26. The lowest BCUT2D eigenvalue weighted by Crippen LogP contribution is -2.43. The molecule has 0 aromatic rings. The molecule has 0 spiro atoms. The smallest absolute Gasteiger partial charge is 0.410 e. The van der Waals surface area contributed by atoms with E-state index in [1.165, 1.54) is 0 Å². The molecule has 1 aliphatic rings. The third-order valence-electron chi connectivity index (χ3n) is 2.89. The van der Waals surface area contributed by atoms with Crippen molar-refractivity contribution in [1.82, 2.24) is 4.90 Å². The second kappa shape index (κ2) is 5.67. The minimum atomic E-state index is -0.893. The van der Waals surface area contributed by atoms with Crippen LogP contribution in [0.1, 0.15) is 33.6 Å². The predicted molar refractivity (Wildman–Crippen MR) is 62.5 cm³/mol. The van der Waals surface area contributed by atoms with E-state index < -0.39 is 18.4 Å². The van der Waals surface area contributed by atoms with Crippen LogP contribution in [-0.2, 0) is 4.74 Å². The molecule has 1 unspecified atom stereocenters. The van der Waals surface area contributed by atoms with Crippen LogP contribution < -0.4 is 0 Å². The van der Waals surface area contributed by atoms with Gasteiger partial charge in [-0.1, -0.05) is 0 Å². The molecule has 1 N–H and O–H groups in total. The standard InChI is InChI=1S/C12H22FNO3/c1-12(2,3)17-11(16)14-6-4-9(5-7-14)10(15)8-13/h9-10,15H,4-8H2,1-3H3. The molecule has 0 saturated carbocycles. The van der Waals surface area contributed by atoms with E-state index in [9.17, 15) is 14.3 Å². The van der Waals surface area contributed by atoms with Crippen LogP contribution in [0.5, 0.6) is 0 Å². The Balaban J connectivity index is 2.39. The van der Waals surface area contributed by atoms with Gasteiger partial charge in [0.25, 0.3) is 0 Å². The first-order valence-corrected chi connectivity index (χ1v) is 6.05. The second-order valence-corrected chi connectivity index (χ2v) is 5.53. The number of halogens is 1. The summed E-state index contributed by atoms with van der Waals surface area (Å²) in [5, 5.41) is 9.38. The molecule has 1 saturated heterocycles. The van der Waals surface area contributed by atoms with E-state index >= 15 is 0 Å². The average molecular weight is 247 g/mol. The third kappa shape index (κ3) is 4.50. The highest BCUT2D eigenvalue weighted by atomic mass is 19.1. The van der Waals surface area contributed by atoms with Gasteiger partial charge in [-0.15, -0.1) is 0 Å². The largest absolute Gasteiger partial charge is 0.444 e. The first kappa shape index (κ1) is 14.2. The highest BCUT2D eigenvalue weighted by Gasteiger charge is 2.29. The van der Waals surface area contributed by atoms with E-state index in [0.717, 1.165) is 0 Å². The maximum Gasteiger partial charge on any atom is 0.410 e. The van der Waals surface area contributed by atoms with E-state index in [1.807, 2.05) is 20.8 Å². The van der Waals surface area contributed by atoms with Crippen molar-refractivity contribution in [1.29, 1.82) is 0 Å². The third-order valence-corrected chi connectivity index (χ3v) is 2.89. The molecule has 0 radical (unpaired) electrons. The van der Waals surface area contributed by atoms with Gasteiger partial charge in [-0.3, -0.25) is 0 Å². The number of alkyl halides is 1. The molecule has 5 heteroatoms. The Hall–Kier alpha value is -0.840. The van der Waals surface area contributed by atoms with Gasteiger partial charge in [-0.05, 0) is 39.5 Å². The van der Waals surface area contributed by atoms with Gasteiger partial charge < -0.3 is 14.7 Å². The number of likely N-dealkylation sites (tertiary alicyclic amines) is 1. The highest BCUT2D eigenvalue weighted by Crippen LogP contribution is 2.22. The summed E-state index contributed by atoms with van der Waals surface area (Å²) in [6.45, 7) is 5.81. The van der Waals surface area contributed by atoms with Crippen LogP contribution >= 0.6 is 0 Å². The monoisotopic (exact) mass is 247 g/mol. The summed E-state index contributed by atoms with van der Waals surface area (Å²) in [5.74, 6) is -0.0429. The highest BCUT2D eigenvalue weighted by molar-refractivity contribution is 5.68. The number of aliphatic hydroxyl groups excluding tert-OH is 1. The summed E-state index contributed by atoms with van der Waals surface area (Å²) in [4.78, 5) is 13.3. The predicted octanol–water partition coefficient (Wildman–Crippen LogP) is 1.96. The minimum Gasteiger partial charge on any atom is -0.444 e. The lowest BCUT2D eigenvalue weighted by molar-refractivity contribution is 0.00465. The molecule has 0 bridgehead atoms. The number of aliphatic hydroxyl groups is 1. The lowest BCUT2D eigenvalue weighted by Gasteiger charge is -2.34. The van der Waals surface area contributed by atoms with Gasteiger partial charge in [0.1, 0.15) is 12.3 Å². The summed E-state index contributed by atoms with van der Waals surface area (Å²) < 4.78 is 17.5. The van der Waals surface area contributed by atoms with Crippen LogP contribution in [0.2, 0.25) is 0 Å². The number of nitrogens with zero attached hydrogens (tertiary/aromatic N) is 1. The Morgan fingerprint density at radius 3 is 2.41 bits per heavy atom. The van der Waals surface area contributed by atoms with Crippen LogP contribution in [0.15, 0.2) is 0 Å². The number of hydrogen-bond donors (Lipinski definition) is 1. The van der Waals surface area contributed by atoms with Gasteiger partial charge in [0.05, 0.1) is 6.10 Å². The zero-order valence-corrected chi connectivity index (χ0v) is 10.8. The van der Waals surface area contributed by atoms with E-state index in [-0.39, 0.29) is 12.0 Å². The zero-order chi connectivity index (χ0) is 13.1. The zero-order valence-electron chi connectivity index (χ0n) is 10.8. The van der Waals surface area contributed by atoms with E-state index in [2.05, 4.69) is 0 Å². The fraction of sp³-hybridized carbons (Fsp3) is 0.917. The van der Waals surface area contributed by atoms with Crippen LogP contribution in [0.4, 0.5) is 9.18 Å². The lowest BCUT2D eigenvalue weighted by atomic mass is 9.92. The van der Waals surface area contributed by atoms with Crippen molar-refractivity contribution < 1.29 is 19.0 Å². The summed E-state index contributed by atoms with van der Waals surface area (Å²) >= 11 is 0. The molecule has 1 aliphatic heterocycles. The second-order valence-electron chi connectivity index (χ2n) is 5.53. The van der Waals surface area contributed by atoms with Crippen LogP contribution in [0.25, 0.3) is 0 Å². The summed E-state index contributed by atoms with van der Waals surface area (Å²) in [5.41, 5.74) is -0.494. The fourth-order valence-corrected chi connectivity index (χ4v) is 1.92. The first-order chi connectivity index (χ1) is 7.83. The van der Waals surface area contributed by atoms with Crippen molar-refractivity contribution in [3.8, 4) is 0 Å². The molecule has 17 heavy (non-hydrogen) atoms. The first-order valence-electron chi connectivity index (χ1n) is 6.05. The molecule has 1 rings (SSSR count). The summed E-state index contributed by atoms with van der Waals surface area (Å²) in [7, 11) is 0. The van der Waals surface area contributed by atoms with Crippen molar-refractivity contribution >= 4 is 6.09 Å². The van der Waals surface area contributed by atoms with Gasteiger partial charge in [-0.25, -0.2) is 9.18 Å². The van der Waals surface area contributed by atoms with Crippen LogP contribution in [0, 0.1) is 5.92 Å². The van der Waals surface area contributed by atoms with Crippen molar-refractivity contribution in [2.45, 2.75) is 45.3 Å². The van der Waals surface area contributed by atoms with Gasteiger partial charge in [-0.2, -0.15) is 0 Å². The topological polar surface area (TPSA) is 49.8 Å². The molecule has 1 heterocycles. The molecular formula is C12H22FNO3. The number of rotatable bonds is 2. The van der Waals surface area contributed by atoms with Crippen LogP contribution in [0.3, 0.4) is 0 Å². The molecule has 1 fully saturated rings. The molecule has 0 aromatic heterocycles. The van der Waals surface area contributed by atoms with Gasteiger partial charge in [0.15, 0.2) is 0 Å². The quantitative estimate of drug-likeness (QED) is 0.811. The van der Waals surface area contributed by atoms with E-state index in [4.69, 9.17) is 4.74 Å². The molecule has 100 valence electrons. The van der Waals surface area contributed by atoms with Gasteiger partial charge in [0.2, 0.25) is 0 Å². The van der Waals surface area contributed by atoms with E-state index in [1.54, 1.807) is 4.90 Å². The number of carbonyl (C=O) groups is 1. The van der Waals surface area contributed by atoms with Crippen LogP contribution in [-0.4, -0.2) is 47.6 Å². The molecule has 1 atom stereocenters. The molecule has 4 nitrogen and oxygen atoms in total. The number of ether oxygens (including phenoxy) is 1. The Bertz CT molecular complexity index is 257. The Kier molecular flexibility index (Phi) is 4.74. The molecule has 0 aromatic carbocycles. The number of piperidine rings is 1. The van der Waals surface area contributed by atoms with Gasteiger partial charge in [0, 0.05) is 13.1 Å². The normalized spacial score (nSPS) is 20.2. The van der Waals surface area contributed by atoms with Crippen molar-refractivity contribution in [2.75, 3.05) is 19.8 Å². The van der Waals surface area contributed by atoms with Crippen molar-refractivity contribution in [3.05, 3.63) is 0 Å². The van der Waals surface area contributed by atoms with Crippen molar-refractivity contribution in [3.63, 3.8) is 0 Å². The molecular weight excluding hydrogens is 225 g/mol. The van der Waals surface area contributed by atoms with Crippen molar-refractivity contribution in [2.24, 2.45) is 5.92 Å². The number of carbonyl (C=O) groups excluding carboxylic acids is 1. The fourth-order valence-electron chi connectivity index (χ4n) is 1.92. The molecule has 0 aliphatic carbocycles. The number of amides is 1. The maximum absolute atomic E-state index is 12.3. The minimum absolute atomic E-state index is 0.0429. The molecule has 1 amide bonds. The maximum atomic E-state index is 12.3. The van der Waals surface area contributed by atoms with Gasteiger partial charge >= 0.3 is 6.09 Å². The SMILES string of the molecule is CC(C)(C)OC(=O)N1CCC(C(O)CF)CC1. The summed E-state index contributed by atoms with van der Waals surface area (Å²) in [6, 6.07) is 0.